The Kier molecular flexibility index (Phi) is 6.44. The molecule has 1 heterocycles. The summed E-state index contributed by atoms with van der Waals surface area (Å²) in [6.07, 6.45) is 2.02. The first-order valence-corrected chi connectivity index (χ1v) is 9.11. The first kappa shape index (κ1) is 18.9. The highest BCUT2D eigenvalue weighted by atomic mass is 16.5. The lowest BCUT2D eigenvalue weighted by molar-refractivity contribution is -0.146. The maximum Gasteiger partial charge on any atom is 0.323 e. The number of methoxy groups -OCH3 is 1. The minimum Gasteiger partial charge on any atom is -0.468 e. The summed E-state index contributed by atoms with van der Waals surface area (Å²) in [5.41, 5.74) is 0.622. The highest BCUT2D eigenvalue weighted by Gasteiger charge is 2.31. The van der Waals surface area contributed by atoms with E-state index in [2.05, 4.69) is 5.32 Å². The molecule has 1 unspecified atom stereocenters. The predicted molar refractivity (Wildman–Crippen MR) is 103 cm³/mol. The fourth-order valence-electron chi connectivity index (χ4n) is 3.23. The molecule has 1 aliphatic rings. The number of amides is 1. The number of benzene rings is 2. The van der Waals surface area contributed by atoms with Gasteiger partial charge in [-0.1, -0.05) is 30.3 Å². The molecule has 1 atom stereocenters. The van der Waals surface area contributed by atoms with E-state index < -0.39 is 0 Å². The molecule has 1 fully saturated rings. The van der Waals surface area contributed by atoms with Crippen LogP contribution in [-0.4, -0.2) is 43.0 Å². The van der Waals surface area contributed by atoms with Gasteiger partial charge in [0.2, 0.25) is 5.91 Å². The topological polar surface area (TPSA) is 67.9 Å². The molecule has 27 heavy (non-hydrogen) atoms. The summed E-state index contributed by atoms with van der Waals surface area (Å²) in [6.45, 7) is 1.33. The minimum atomic E-state index is -0.239. The second-order valence-electron chi connectivity index (χ2n) is 6.43. The minimum absolute atomic E-state index is 0.116. The van der Waals surface area contributed by atoms with Gasteiger partial charge in [0, 0.05) is 13.0 Å². The molecule has 1 N–H and O–H groups in total. The SMILES string of the molecule is COC(=O)C1CCCN1CCC(=O)Nc1ccccc1Oc1ccccc1. The normalized spacial score (nSPS) is 16.7. The van der Waals surface area contributed by atoms with E-state index in [-0.39, 0.29) is 17.9 Å². The van der Waals surface area contributed by atoms with Crippen molar-refractivity contribution in [3.05, 3.63) is 54.6 Å². The van der Waals surface area contributed by atoms with Crippen LogP contribution < -0.4 is 10.1 Å². The predicted octanol–water partition coefficient (Wildman–Crippen LogP) is 3.44. The van der Waals surface area contributed by atoms with Gasteiger partial charge < -0.3 is 14.8 Å². The molecular formula is C21H24N2O4. The van der Waals surface area contributed by atoms with Crippen molar-refractivity contribution in [2.45, 2.75) is 25.3 Å². The Labute approximate surface area is 159 Å². The molecule has 0 radical (unpaired) electrons. The highest BCUT2D eigenvalue weighted by molar-refractivity contribution is 5.92. The summed E-state index contributed by atoms with van der Waals surface area (Å²) in [5.74, 6) is 0.951. The number of nitrogens with one attached hydrogen (secondary N) is 1. The maximum atomic E-state index is 12.4. The molecule has 142 valence electrons. The van der Waals surface area contributed by atoms with Gasteiger partial charge in [-0.15, -0.1) is 0 Å². The van der Waals surface area contributed by atoms with E-state index in [1.807, 2.05) is 59.5 Å². The molecular weight excluding hydrogens is 344 g/mol. The van der Waals surface area contributed by atoms with Crippen LogP contribution in [0.2, 0.25) is 0 Å². The number of para-hydroxylation sites is 3. The van der Waals surface area contributed by atoms with Gasteiger partial charge in [-0.3, -0.25) is 14.5 Å². The zero-order valence-electron chi connectivity index (χ0n) is 15.4. The van der Waals surface area contributed by atoms with Crippen LogP contribution in [0.1, 0.15) is 19.3 Å². The van der Waals surface area contributed by atoms with Crippen molar-refractivity contribution in [3.8, 4) is 11.5 Å². The lowest BCUT2D eigenvalue weighted by atomic mass is 10.2. The van der Waals surface area contributed by atoms with Crippen molar-refractivity contribution in [2.24, 2.45) is 0 Å². The van der Waals surface area contributed by atoms with Gasteiger partial charge in [-0.2, -0.15) is 0 Å². The summed E-state index contributed by atoms with van der Waals surface area (Å²) in [4.78, 5) is 26.2. The summed E-state index contributed by atoms with van der Waals surface area (Å²) in [5, 5.41) is 2.91. The quantitative estimate of drug-likeness (QED) is 0.758. The number of nitrogens with zero attached hydrogens (tertiary/aromatic N) is 1. The van der Waals surface area contributed by atoms with Crippen LogP contribution in [0.15, 0.2) is 54.6 Å². The van der Waals surface area contributed by atoms with Gasteiger partial charge in [0.25, 0.3) is 0 Å². The Morgan fingerprint density at radius 1 is 1.11 bits per heavy atom. The Morgan fingerprint density at radius 3 is 2.63 bits per heavy atom. The molecule has 6 nitrogen and oxygen atoms in total. The zero-order chi connectivity index (χ0) is 19.1. The third-order valence-corrected chi connectivity index (χ3v) is 4.60. The fourth-order valence-corrected chi connectivity index (χ4v) is 3.23. The van der Waals surface area contributed by atoms with Crippen LogP contribution in [0.25, 0.3) is 0 Å². The number of likely N-dealkylation sites (tertiary alicyclic amines) is 1. The van der Waals surface area contributed by atoms with Crippen molar-refractivity contribution in [3.63, 3.8) is 0 Å². The van der Waals surface area contributed by atoms with E-state index in [0.29, 0.717) is 30.2 Å². The average molecular weight is 368 g/mol. The number of hydrogen-bond donors (Lipinski definition) is 1. The smallest absolute Gasteiger partial charge is 0.323 e. The van der Waals surface area contributed by atoms with E-state index in [1.54, 1.807) is 0 Å². The van der Waals surface area contributed by atoms with E-state index in [9.17, 15) is 9.59 Å². The second-order valence-corrected chi connectivity index (χ2v) is 6.43. The molecule has 3 rings (SSSR count). The fraction of sp³-hybridized carbons (Fsp3) is 0.333. The number of hydrogen-bond acceptors (Lipinski definition) is 5. The summed E-state index contributed by atoms with van der Waals surface area (Å²) < 4.78 is 10.7. The van der Waals surface area contributed by atoms with E-state index in [0.717, 1.165) is 19.4 Å². The largest absolute Gasteiger partial charge is 0.468 e. The van der Waals surface area contributed by atoms with Gasteiger partial charge in [0.1, 0.15) is 11.8 Å². The summed E-state index contributed by atoms with van der Waals surface area (Å²) in [6, 6.07) is 16.5. The Bertz CT molecular complexity index is 779. The van der Waals surface area contributed by atoms with Crippen LogP contribution in [0, 0.1) is 0 Å². The van der Waals surface area contributed by atoms with Gasteiger partial charge in [0.05, 0.1) is 12.8 Å². The first-order valence-electron chi connectivity index (χ1n) is 9.11. The Morgan fingerprint density at radius 2 is 1.85 bits per heavy atom. The van der Waals surface area contributed by atoms with Crippen molar-refractivity contribution in [1.82, 2.24) is 4.90 Å². The molecule has 0 spiro atoms. The number of rotatable bonds is 7. The Hall–Kier alpha value is -2.86. The van der Waals surface area contributed by atoms with Gasteiger partial charge in [0.15, 0.2) is 5.75 Å². The number of anilines is 1. The van der Waals surface area contributed by atoms with E-state index >= 15 is 0 Å². The summed E-state index contributed by atoms with van der Waals surface area (Å²) in [7, 11) is 1.40. The van der Waals surface area contributed by atoms with Crippen molar-refractivity contribution in [2.75, 3.05) is 25.5 Å². The highest BCUT2D eigenvalue weighted by Crippen LogP contribution is 2.29. The van der Waals surface area contributed by atoms with E-state index in [1.165, 1.54) is 7.11 Å². The van der Waals surface area contributed by atoms with Crippen molar-refractivity contribution >= 4 is 17.6 Å². The monoisotopic (exact) mass is 368 g/mol. The van der Waals surface area contributed by atoms with E-state index in [4.69, 9.17) is 9.47 Å². The molecule has 2 aromatic rings. The zero-order valence-corrected chi connectivity index (χ0v) is 15.4. The number of ether oxygens (including phenoxy) is 2. The van der Waals surface area contributed by atoms with Crippen LogP contribution in [0.4, 0.5) is 5.69 Å². The van der Waals surface area contributed by atoms with Gasteiger partial charge >= 0.3 is 5.97 Å². The third-order valence-electron chi connectivity index (χ3n) is 4.60. The van der Waals surface area contributed by atoms with Crippen LogP contribution in [0.5, 0.6) is 11.5 Å². The third kappa shape index (κ3) is 5.08. The van der Waals surface area contributed by atoms with Crippen molar-refractivity contribution < 1.29 is 19.1 Å². The molecule has 0 bridgehead atoms. The molecule has 1 amide bonds. The molecule has 0 aliphatic carbocycles. The maximum absolute atomic E-state index is 12.4. The molecule has 0 saturated carbocycles. The molecule has 2 aromatic carbocycles. The average Bonchev–Trinajstić information content (AvgIpc) is 3.17. The van der Waals surface area contributed by atoms with Crippen LogP contribution in [-0.2, 0) is 14.3 Å². The number of carbonyl (C=O) groups is 2. The first-order chi connectivity index (χ1) is 13.2. The van der Waals surface area contributed by atoms with Crippen LogP contribution >= 0.6 is 0 Å². The molecule has 1 saturated heterocycles. The van der Waals surface area contributed by atoms with Crippen molar-refractivity contribution in [1.29, 1.82) is 0 Å². The number of esters is 1. The molecule has 1 aliphatic heterocycles. The van der Waals surface area contributed by atoms with Crippen LogP contribution in [0.3, 0.4) is 0 Å². The Balaban J connectivity index is 1.57. The molecule has 6 heteroatoms. The van der Waals surface area contributed by atoms with Gasteiger partial charge in [-0.05, 0) is 43.7 Å². The second kappa shape index (κ2) is 9.19. The standard InChI is InChI=1S/C21H24N2O4/c1-26-21(25)18-11-7-14-23(18)15-13-20(24)22-17-10-5-6-12-19(17)27-16-8-3-2-4-9-16/h2-6,8-10,12,18H,7,11,13-15H2,1H3,(H,22,24). The van der Waals surface area contributed by atoms with Gasteiger partial charge in [-0.25, -0.2) is 0 Å². The molecule has 0 aromatic heterocycles. The number of carbonyl (C=O) groups excluding carboxylic acids is 2. The lowest BCUT2D eigenvalue weighted by Gasteiger charge is -2.22. The summed E-state index contributed by atoms with van der Waals surface area (Å²) >= 11 is 0. The lowest BCUT2D eigenvalue weighted by Crippen LogP contribution is -2.38.